The van der Waals surface area contributed by atoms with Crippen molar-refractivity contribution >= 4 is 5.91 Å². The zero-order valence-corrected chi connectivity index (χ0v) is 12.7. The van der Waals surface area contributed by atoms with E-state index in [1.54, 1.807) is 13.8 Å². The molecule has 0 heterocycles. The van der Waals surface area contributed by atoms with E-state index in [4.69, 9.17) is 0 Å². The third kappa shape index (κ3) is 3.35. The average molecular weight is 263 g/mol. The van der Waals surface area contributed by atoms with Gasteiger partial charge in [-0.3, -0.25) is 4.79 Å². The molecular formula is C16H25NO2. The molecule has 0 aliphatic rings. The minimum Gasteiger partial charge on any atom is -0.388 e. The number of rotatable bonds is 4. The summed E-state index contributed by atoms with van der Waals surface area (Å²) in [5, 5.41) is 13.1. The SMILES string of the molecule is CC(C)(C(=O)NC(C)(C)C(C)(C)O)c1ccccc1. The van der Waals surface area contributed by atoms with Crippen molar-refractivity contribution in [1.29, 1.82) is 0 Å². The first kappa shape index (κ1) is 15.7. The topological polar surface area (TPSA) is 49.3 Å². The van der Waals surface area contributed by atoms with E-state index in [0.717, 1.165) is 5.56 Å². The molecule has 0 aromatic heterocycles. The largest absolute Gasteiger partial charge is 0.388 e. The van der Waals surface area contributed by atoms with E-state index in [9.17, 15) is 9.90 Å². The molecule has 0 unspecified atom stereocenters. The third-order valence-electron chi connectivity index (χ3n) is 4.02. The fourth-order valence-electron chi connectivity index (χ4n) is 1.58. The molecule has 0 bridgehead atoms. The van der Waals surface area contributed by atoms with Crippen LogP contribution in [0.25, 0.3) is 0 Å². The molecule has 106 valence electrons. The van der Waals surface area contributed by atoms with Crippen molar-refractivity contribution in [2.75, 3.05) is 0 Å². The first-order valence-corrected chi connectivity index (χ1v) is 6.59. The lowest BCUT2D eigenvalue weighted by Crippen LogP contribution is -2.60. The van der Waals surface area contributed by atoms with Gasteiger partial charge < -0.3 is 10.4 Å². The first-order chi connectivity index (χ1) is 8.48. The van der Waals surface area contributed by atoms with Gasteiger partial charge in [0.05, 0.1) is 16.6 Å². The van der Waals surface area contributed by atoms with Crippen molar-refractivity contribution in [3.63, 3.8) is 0 Å². The van der Waals surface area contributed by atoms with Crippen LogP contribution >= 0.6 is 0 Å². The molecule has 1 rings (SSSR count). The average Bonchev–Trinajstić information content (AvgIpc) is 2.28. The Morgan fingerprint density at radius 3 is 1.89 bits per heavy atom. The highest BCUT2D eigenvalue weighted by Gasteiger charge is 2.40. The molecular weight excluding hydrogens is 238 g/mol. The Morgan fingerprint density at radius 1 is 1.00 bits per heavy atom. The van der Waals surface area contributed by atoms with Gasteiger partial charge in [0.2, 0.25) is 5.91 Å². The van der Waals surface area contributed by atoms with Crippen molar-refractivity contribution in [2.45, 2.75) is 58.1 Å². The van der Waals surface area contributed by atoms with E-state index in [1.165, 1.54) is 0 Å². The molecule has 2 N–H and O–H groups in total. The number of carbonyl (C=O) groups is 1. The fraction of sp³-hybridized carbons (Fsp3) is 0.562. The molecule has 3 heteroatoms. The monoisotopic (exact) mass is 263 g/mol. The summed E-state index contributed by atoms with van der Waals surface area (Å²) in [6, 6.07) is 9.66. The number of carbonyl (C=O) groups excluding carboxylic acids is 1. The summed E-state index contributed by atoms with van der Waals surface area (Å²) in [7, 11) is 0. The van der Waals surface area contributed by atoms with Gasteiger partial charge in [0.15, 0.2) is 0 Å². The maximum atomic E-state index is 12.5. The molecule has 0 spiro atoms. The van der Waals surface area contributed by atoms with Crippen LogP contribution in [-0.4, -0.2) is 22.2 Å². The molecule has 0 radical (unpaired) electrons. The first-order valence-electron chi connectivity index (χ1n) is 6.59. The van der Waals surface area contributed by atoms with Crippen LogP contribution < -0.4 is 5.32 Å². The smallest absolute Gasteiger partial charge is 0.230 e. The number of aliphatic hydroxyl groups is 1. The van der Waals surface area contributed by atoms with Gasteiger partial charge in [0, 0.05) is 0 Å². The fourth-order valence-corrected chi connectivity index (χ4v) is 1.58. The number of hydrogen-bond donors (Lipinski definition) is 2. The van der Waals surface area contributed by atoms with Gasteiger partial charge >= 0.3 is 0 Å². The van der Waals surface area contributed by atoms with Crippen LogP contribution in [0.4, 0.5) is 0 Å². The Balaban J connectivity index is 2.96. The van der Waals surface area contributed by atoms with Gasteiger partial charge in [-0.1, -0.05) is 30.3 Å². The van der Waals surface area contributed by atoms with Crippen molar-refractivity contribution < 1.29 is 9.90 Å². The van der Waals surface area contributed by atoms with Crippen LogP contribution in [0.15, 0.2) is 30.3 Å². The van der Waals surface area contributed by atoms with E-state index < -0.39 is 16.6 Å². The molecule has 1 aromatic carbocycles. The molecule has 0 saturated carbocycles. The minimum absolute atomic E-state index is 0.0918. The van der Waals surface area contributed by atoms with Crippen LogP contribution in [0, 0.1) is 0 Å². The van der Waals surface area contributed by atoms with Crippen molar-refractivity contribution in [2.24, 2.45) is 0 Å². The molecule has 0 aliphatic carbocycles. The van der Waals surface area contributed by atoms with Crippen LogP contribution in [0.1, 0.15) is 47.1 Å². The highest BCUT2D eigenvalue weighted by molar-refractivity contribution is 5.88. The Kier molecular flexibility index (Phi) is 4.11. The van der Waals surface area contributed by atoms with E-state index >= 15 is 0 Å². The number of nitrogens with one attached hydrogen (secondary N) is 1. The van der Waals surface area contributed by atoms with Crippen molar-refractivity contribution in [3.05, 3.63) is 35.9 Å². The molecule has 0 saturated heterocycles. The van der Waals surface area contributed by atoms with Gasteiger partial charge in [0.1, 0.15) is 0 Å². The quantitative estimate of drug-likeness (QED) is 0.877. The Bertz CT molecular complexity index is 442. The van der Waals surface area contributed by atoms with E-state index in [-0.39, 0.29) is 5.91 Å². The van der Waals surface area contributed by atoms with E-state index in [0.29, 0.717) is 0 Å². The lowest BCUT2D eigenvalue weighted by atomic mass is 9.80. The van der Waals surface area contributed by atoms with Gasteiger partial charge in [-0.15, -0.1) is 0 Å². The summed E-state index contributed by atoms with van der Waals surface area (Å²) >= 11 is 0. The standard InChI is InChI=1S/C16H25NO2/c1-14(2,12-10-8-7-9-11-12)13(18)17-15(3,4)16(5,6)19/h7-11,19H,1-6H3,(H,17,18). The Morgan fingerprint density at radius 2 is 1.47 bits per heavy atom. The lowest BCUT2D eigenvalue weighted by Gasteiger charge is -2.40. The van der Waals surface area contributed by atoms with Gasteiger partial charge in [-0.05, 0) is 47.1 Å². The van der Waals surface area contributed by atoms with Gasteiger partial charge in [0.25, 0.3) is 0 Å². The Labute approximate surface area is 116 Å². The highest BCUT2D eigenvalue weighted by Crippen LogP contribution is 2.27. The molecule has 1 amide bonds. The zero-order valence-electron chi connectivity index (χ0n) is 12.7. The Hall–Kier alpha value is -1.35. The minimum atomic E-state index is -0.991. The predicted octanol–water partition coefficient (Wildman–Crippen LogP) is 2.63. The molecule has 1 aromatic rings. The summed E-state index contributed by atoms with van der Waals surface area (Å²) in [5.41, 5.74) is -1.37. The normalized spacial score (nSPS) is 13.2. The van der Waals surface area contributed by atoms with Crippen molar-refractivity contribution in [1.82, 2.24) is 5.32 Å². The second kappa shape index (κ2) is 4.97. The summed E-state index contributed by atoms with van der Waals surface area (Å²) in [6.07, 6.45) is 0. The molecule has 0 fully saturated rings. The van der Waals surface area contributed by atoms with E-state index in [2.05, 4.69) is 5.32 Å². The van der Waals surface area contributed by atoms with Crippen LogP contribution in [-0.2, 0) is 10.2 Å². The van der Waals surface area contributed by atoms with Crippen LogP contribution in [0.2, 0.25) is 0 Å². The van der Waals surface area contributed by atoms with Gasteiger partial charge in [-0.2, -0.15) is 0 Å². The predicted molar refractivity (Wildman–Crippen MR) is 78.0 cm³/mol. The summed E-state index contributed by atoms with van der Waals surface area (Å²) in [6.45, 7) is 10.8. The molecule has 0 aliphatic heterocycles. The second-order valence-electron chi connectivity index (χ2n) is 6.63. The maximum Gasteiger partial charge on any atom is 0.230 e. The summed E-state index contributed by atoms with van der Waals surface area (Å²) < 4.78 is 0. The van der Waals surface area contributed by atoms with E-state index in [1.807, 2.05) is 58.0 Å². The molecule has 19 heavy (non-hydrogen) atoms. The second-order valence-corrected chi connectivity index (χ2v) is 6.63. The highest BCUT2D eigenvalue weighted by atomic mass is 16.3. The number of amides is 1. The summed E-state index contributed by atoms with van der Waals surface area (Å²) in [4.78, 5) is 12.5. The molecule has 0 atom stereocenters. The molecule has 3 nitrogen and oxygen atoms in total. The van der Waals surface area contributed by atoms with Gasteiger partial charge in [-0.25, -0.2) is 0 Å². The lowest BCUT2D eigenvalue weighted by molar-refractivity contribution is -0.130. The number of hydrogen-bond acceptors (Lipinski definition) is 2. The van der Waals surface area contributed by atoms with Crippen molar-refractivity contribution in [3.8, 4) is 0 Å². The summed E-state index contributed by atoms with van der Waals surface area (Å²) in [5.74, 6) is -0.0918. The number of benzene rings is 1. The maximum absolute atomic E-state index is 12.5. The zero-order chi connectivity index (χ0) is 14.9. The third-order valence-corrected chi connectivity index (χ3v) is 4.02. The van der Waals surface area contributed by atoms with Crippen LogP contribution in [0.3, 0.4) is 0 Å². The van der Waals surface area contributed by atoms with Crippen LogP contribution in [0.5, 0.6) is 0 Å².